The molecule has 0 heterocycles. The molecule has 1 aromatic carbocycles. The third-order valence-corrected chi connectivity index (χ3v) is 2.80. The maximum atomic E-state index is 13.7. The molecule has 1 atom stereocenters. The summed E-state index contributed by atoms with van der Waals surface area (Å²) in [5.41, 5.74) is 5.54. The van der Waals surface area contributed by atoms with Crippen molar-refractivity contribution in [3.8, 4) is 5.75 Å². The highest BCUT2D eigenvalue weighted by Gasteiger charge is 2.20. The zero-order valence-corrected chi connectivity index (χ0v) is 11.6. The normalized spacial score (nSPS) is 12.3. The molecule has 0 saturated carbocycles. The quantitative estimate of drug-likeness (QED) is 0.828. The highest BCUT2D eigenvalue weighted by molar-refractivity contribution is 5.97. The van der Waals surface area contributed by atoms with Gasteiger partial charge in [-0.1, -0.05) is 19.9 Å². The summed E-state index contributed by atoms with van der Waals surface area (Å²) in [5, 5.41) is 2.75. The van der Waals surface area contributed by atoms with Crippen LogP contribution in [0.5, 0.6) is 5.75 Å². The van der Waals surface area contributed by atoms with Crippen LogP contribution in [0.25, 0.3) is 0 Å². The number of carbonyl (C=O) groups is 1. The van der Waals surface area contributed by atoms with Gasteiger partial charge in [0.1, 0.15) is 17.1 Å². The zero-order chi connectivity index (χ0) is 14.4. The second-order valence-corrected chi connectivity index (χ2v) is 4.85. The van der Waals surface area contributed by atoms with Gasteiger partial charge in [-0.15, -0.1) is 0 Å². The van der Waals surface area contributed by atoms with Crippen LogP contribution < -0.4 is 15.8 Å². The number of ether oxygens (including phenoxy) is 1. The van der Waals surface area contributed by atoms with E-state index in [4.69, 9.17) is 10.5 Å². The van der Waals surface area contributed by atoms with Crippen LogP contribution in [0.1, 0.15) is 30.6 Å². The summed E-state index contributed by atoms with van der Waals surface area (Å²) >= 11 is 0. The van der Waals surface area contributed by atoms with Crippen molar-refractivity contribution >= 4 is 5.91 Å². The molecule has 0 aliphatic rings. The molecule has 106 valence electrons. The van der Waals surface area contributed by atoms with E-state index in [9.17, 15) is 9.18 Å². The number of amides is 1. The average molecular weight is 268 g/mol. The largest absolute Gasteiger partial charge is 0.496 e. The minimum absolute atomic E-state index is 0.0767. The van der Waals surface area contributed by atoms with Crippen molar-refractivity contribution in [1.29, 1.82) is 0 Å². The van der Waals surface area contributed by atoms with Gasteiger partial charge < -0.3 is 15.8 Å². The molecule has 0 spiro atoms. The van der Waals surface area contributed by atoms with Crippen molar-refractivity contribution in [2.45, 2.75) is 26.3 Å². The van der Waals surface area contributed by atoms with Crippen molar-refractivity contribution in [3.05, 3.63) is 29.6 Å². The van der Waals surface area contributed by atoms with Gasteiger partial charge in [0.15, 0.2) is 0 Å². The lowest BCUT2D eigenvalue weighted by atomic mass is 10.0. The van der Waals surface area contributed by atoms with E-state index in [1.165, 1.54) is 19.2 Å². The van der Waals surface area contributed by atoms with Crippen molar-refractivity contribution in [3.63, 3.8) is 0 Å². The van der Waals surface area contributed by atoms with E-state index in [-0.39, 0.29) is 17.4 Å². The Balaban J connectivity index is 2.88. The van der Waals surface area contributed by atoms with E-state index in [2.05, 4.69) is 5.32 Å². The molecule has 0 radical (unpaired) electrons. The number of nitrogens with one attached hydrogen (secondary N) is 1. The van der Waals surface area contributed by atoms with Gasteiger partial charge >= 0.3 is 0 Å². The van der Waals surface area contributed by atoms with E-state index in [1.807, 2.05) is 13.8 Å². The Bertz CT molecular complexity index is 435. The molecule has 0 aliphatic heterocycles. The van der Waals surface area contributed by atoms with Gasteiger partial charge in [-0.3, -0.25) is 4.79 Å². The Hall–Kier alpha value is -1.62. The summed E-state index contributed by atoms with van der Waals surface area (Å²) in [6, 6.07) is 4.12. The Morgan fingerprint density at radius 2 is 2.16 bits per heavy atom. The van der Waals surface area contributed by atoms with Crippen molar-refractivity contribution < 1.29 is 13.9 Å². The number of hydrogen-bond donors (Lipinski definition) is 2. The second-order valence-electron chi connectivity index (χ2n) is 4.85. The standard InChI is InChI=1S/C14H21FN2O2/c1-9(2)7-10(8-16)17-14(18)13-11(15)5-4-6-12(13)19-3/h4-6,9-10H,7-8,16H2,1-3H3,(H,17,18). The third-order valence-electron chi connectivity index (χ3n) is 2.80. The molecule has 1 aromatic rings. The van der Waals surface area contributed by atoms with E-state index < -0.39 is 11.7 Å². The van der Waals surface area contributed by atoms with Crippen LogP contribution >= 0.6 is 0 Å². The Labute approximate surface area is 113 Å². The van der Waals surface area contributed by atoms with E-state index in [0.29, 0.717) is 12.5 Å². The van der Waals surface area contributed by atoms with Gasteiger partial charge in [-0.05, 0) is 24.5 Å². The molecule has 5 heteroatoms. The number of carbonyl (C=O) groups excluding carboxylic acids is 1. The highest BCUT2D eigenvalue weighted by Crippen LogP contribution is 2.21. The molecule has 0 aliphatic carbocycles. The van der Waals surface area contributed by atoms with E-state index >= 15 is 0 Å². The number of methoxy groups -OCH3 is 1. The summed E-state index contributed by atoms with van der Waals surface area (Å²) in [5.74, 6) is -0.475. The SMILES string of the molecule is COc1cccc(F)c1C(=O)NC(CN)CC(C)C. The summed E-state index contributed by atoms with van der Waals surface area (Å²) in [6.07, 6.45) is 0.749. The van der Waals surface area contributed by atoms with Crippen LogP contribution in [0.15, 0.2) is 18.2 Å². The highest BCUT2D eigenvalue weighted by atomic mass is 19.1. The number of hydrogen-bond acceptors (Lipinski definition) is 3. The number of halogens is 1. The Morgan fingerprint density at radius 1 is 1.47 bits per heavy atom. The van der Waals surface area contributed by atoms with Gasteiger partial charge in [-0.2, -0.15) is 0 Å². The van der Waals surface area contributed by atoms with Gasteiger partial charge in [0.05, 0.1) is 7.11 Å². The van der Waals surface area contributed by atoms with Gasteiger partial charge in [-0.25, -0.2) is 4.39 Å². The lowest BCUT2D eigenvalue weighted by molar-refractivity contribution is 0.0926. The fourth-order valence-electron chi connectivity index (χ4n) is 1.94. The van der Waals surface area contributed by atoms with Gasteiger partial charge in [0.25, 0.3) is 5.91 Å². The minimum atomic E-state index is -0.600. The first kappa shape index (κ1) is 15.4. The summed E-state index contributed by atoms with van der Waals surface area (Å²) in [4.78, 5) is 12.1. The molecular weight excluding hydrogens is 247 g/mol. The predicted molar refractivity (Wildman–Crippen MR) is 72.7 cm³/mol. The lowest BCUT2D eigenvalue weighted by Gasteiger charge is -2.19. The van der Waals surface area contributed by atoms with Crippen LogP contribution in [0.4, 0.5) is 4.39 Å². The molecule has 4 nitrogen and oxygen atoms in total. The average Bonchev–Trinajstić information content (AvgIpc) is 2.36. The maximum Gasteiger partial charge on any atom is 0.258 e. The summed E-state index contributed by atoms with van der Waals surface area (Å²) in [6.45, 7) is 4.40. The van der Waals surface area contributed by atoms with Crippen LogP contribution in [0, 0.1) is 11.7 Å². The third kappa shape index (κ3) is 4.21. The molecule has 1 amide bonds. The van der Waals surface area contributed by atoms with Crippen LogP contribution in [0.2, 0.25) is 0 Å². The minimum Gasteiger partial charge on any atom is -0.496 e. The molecule has 19 heavy (non-hydrogen) atoms. The first-order chi connectivity index (χ1) is 8.99. The van der Waals surface area contributed by atoms with Crippen LogP contribution in [0.3, 0.4) is 0 Å². The topological polar surface area (TPSA) is 64.3 Å². The van der Waals surface area contributed by atoms with Gasteiger partial charge in [0, 0.05) is 12.6 Å². The fourth-order valence-corrected chi connectivity index (χ4v) is 1.94. The lowest BCUT2D eigenvalue weighted by Crippen LogP contribution is -2.41. The molecule has 1 rings (SSSR count). The zero-order valence-electron chi connectivity index (χ0n) is 11.6. The molecule has 0 saturated heterocycles. The van der Waals surface area contributed by atoms with Crippen molar-refractivity contribution in [2.24, 2.45) is 11.7 Å². The molecule has 3 N–H and O–H groups in total. The second kappa shape index (κ2) is 7.09. The smallest absolute Gasteiger partial charge is 0.258 e. The summed E-state index contributed by atoms with van der Waals surface area (Å²) < 4.78 is 18.7. The molecule has 0 bridgehead atoms. The molecule has 0 fully saturated rings. The predicted octanol–water partition coefficient (Wildman–Crippen LogP) is 1.94. The first-order valence-corrected chi connectivity index (χ1v) is 6.33. The molecule has 1 unspecified atom stereocenters. The van der Waals surface area contributed by atoms with Crippen LogP contribution in [-0.2, 0) is 0 Å². The molecule has 0 aromatic heterocycles. The van der Waals surface area contributed by atoms with Crippen LogP contribution in [-0.4, -0.2) is 25.6 Å². The van der Waals surface area contributed by atoms with E-state index in [0.717, 1.165) is 6.42 Å². The van der Waals surface area contributed by atoms with E-state index in [1.54, 1.807) is 6.07 Å². The summed E-state index contributed by atoms with van der Waals surface area (Å²) in [7, 11) is 1.40. The number of benzene rings is 1. The molecular formula is C14H21FN2O2. The Kier molecular flexibility index (Phi) is 5.76. The van der Waals surface area contributed by atoms with Crippen molar-refractivity contribution in [2.75, 3.05) is 13.7 Å². The first-order valence-electron chi connectivity index (χ1n) is 6.33. The monoisotopic (exact) mass is 268 g/mol. The maximum absolute atomic E-state index is 13.7. The number of rotatable bonds is 6. The fraction of sp³-hybridized carbons (Fsp3) is 0.500. The van der Waals surface area contributed by atoms with Gasteiger partial charge in [0.2, 0.25) is 0 Å². The Morgan fingerprint density at radius 3 is 2.68 bits per heavy atom. The number of nitrogens with two attached hydrogens (primary N) is 1. The van der Waals surface area contributed by atoms with Crippen molar-refractivity contribution in [1.82, 2.24) is 5.32 Å².